The third-order valence-electron chi connectivity index (χ3n) is 17.7. The minimum Gasteiger partial charge on any atom is -0.311 e. The highest BCUT2D eigenvalue weighted by Crippen LogP contribution is 2.43. The summed E-state index contributed by atoms with van der Waals surface area (Å²) in [5, 5.41) is 25.6. The van der Waals surface area contributed by atoms with E-state index in [-0.39, 0.29) is 0 Å². The van der Waals surface area contributed by atoms with Gasteiger partial charge in [0.05, 0.1) is 38.9 Å². The molecule has 92 heavy (non-hydrogen) atoms. The molecular formula is C85H55N7. The molecule has 0 aliphatic heterocycles. The molecular weight excluding hydrogens is 1120 g/mol. The van der Waals surface area contributed by atoms with Crippen LogP contribution in [-0.4, -0.2) is 14.1 Å². The molecule has 0 saturated carbocycles. The molecule has 0 N–H and O–H groups in total. The van der Waals surface area contributed by atoms with E-state index in [0.717, 1.165) is 123 Å². The lowest BCUT2D eigenvalue weighted by molar-refractivity contribution is 1.18. The molecule has 0 amide bonds. The Kier molecular flexibility index (Phi) is 13.9. The molecule has 3 heterocycles. The first-order valence-electron chi connectivity index (χ1n) is 30.8. The zero-order valence-electron chi connectivity index (χ0n) is 49.9. The predicted molar refractivity (Wildman–Crippen MR) is 379 cm³/mol. The van der Waals surface area contributed by atoms with Crippen molar-refractivity contribution in [3.05, 3.63) is 345 Å². The number of nitriles is 2. The summed E-state index contributed by atoms with van der Waals surface area (Å²) in [6, 6.07) is 120. The Bertz CT molecular complexity index is 5410. The number of benzene rings is 13. The maximum atomic E-state index is 10.7. The van der Waals surface area contributed by atoms with Crippen molar-refractivity contribution in [2.75, 3.05) is 9.80 Å². The molecule has 0 unspecified atom stereocenters. The van der Waals surface area contributed by atoms with Gasteiger partial charge in [-0.1, -0.05) is 182 Å². The molecule has 0 aliphatic carbocycles. The van der Waals surface area contributed by atoms with E-state index in [0.29, 0.717) is 16.7 Å². The first-order valence-corrected chi connectivity index (χ1v) is 30.8. The average molecular weight is 1170 g/mol. The molecule has 430 valence electrons. The van der Waals surface area contributed by atoms with Crippen molar-refractivity contribution in [1.29, 1.82) is 10.5 Å². The summed E-state index contributed by atoms with van der Waals surface area (Å²) in [7, 11) is 0. The molecule has 3 aromatic heterocycles. The second-order valence-electron chi connectivity index (χ2n) is 22.9. The number of para-hydroxylation sites is 6. The van der Waals surface area contributed by atoms with E-state index < -0.39 is 0 Å². The van der Waals surface area contributed by atoms with Crippen LogP contribution < -0.4 is 9.80 Å². The van der Waals surface area contributed by atoms with Crippen molar-refractivity contribution in [2.45, 2.75) is 0 Å². The van der Waals surface area contributed by atoms with E-state index in [4.69, 9.17) is 4.98 Å². The molecule has 0 bridgehead atoms. The third kappa shape index (κ3) is 9.77. The van der Waals surface area contributed by atoms with Crippen LogP contribution in [0.15, 0.2) is 334 Å². The summed E-state index contributed by atoms with van der Waals surface area (Å²) in [6.07, 6.45) is 1.91. The van der Waals surface area contributed by atoms with Crippen LogP contribution in [0.3, 0.4) is 0 Å². The van der Waals surface area contributed by atoms with Crippen LogP contribution in [0, 0.1) is 22.7 Å². The molecule has 7 heteroatoms. The smallest absolute Gasteiger partial charge is 0.101 e. The molecule has 0 fully saturated rings. The molecule has 0 spiro atoms. The van der Waals surface area contributed by atoms with Gasteiger partial charge in [-0.2, -0.15) is 10.5 Å². The van der Waals surface area contributed by atoms with Crippen molar-refractivity contribution in [1.82, 2.24) is 14.1 Å². The number of pyridine rings is 1. The first-order chi connectivity index (χ1) is 45.5. The lowest BCUT2D eigenvalue weighted by Gasteiger charge is -2.25. The maximum Gasteiger partial charge on any atom is 0.101 e. The van der Waals surface area contributed by atoms with Crippen LogP contribution in [-0.2, 0) is 0 Å². The Morgan fingerprint density at radius 3 is 1.09 bits per heavy atom. The summed E-state index contributed by atoms with van der Waals surface area (Å²) in [4.78, 5) is 9.71. The van der Waals surface area contributed by atoms with Crippen molar-refractivity contribution in [2.24, 2.45) is 0 Å². The average Bonchev–Trinajstić information content (AvgIpc) is 1.88. The first kappa shape index (κ1) is 54.6. The quantitative estimate of drug-likeness (QED) is 0.115. The largest absolute Gasteiger partial charge is 0.311 e. The van der Waals surface area contributed by atoms with Crippen LogP contribution in [0.2, 0.25) is 0 Å². The van der Waals surface area contributed by atoms with Crippen LogP contribution in [0.5, 0.6) is 0 Å². The van der Waals surface area contributed by atoms with Crippen LogP contribution >= 0.6 is 0 Å². The minimum atomic E-state index is 0.323. The van der Waals surface area contributed by atoms with E-state index in [1.165, 1.54) is 16.2 Å². The van der Waals surface area contributed by atoms with Gasteiger partial charge in [-0.15, -0.1) is 0 Å². The zero-order chi connectivity index (χ0) is 61.5. The molecule has 0 atom stereocenters. The molecule has 7 nitrogen and oxygen atoms in total. The van der Waals surface area contributed by atoms with Gasteiger partial charge in [-0.3, -0.25) is 4.98 Å². The Balaban J connectivity index is 0.715. The SMILES string of the molecule is N#Cc1cccc(-c2cc(-c3ccc(-n4c5ccccc5c5cc(-c6ccc(N(c7ccccc7)c7ccccc7)cc6)ccc54)cc3)ncc2-c2ccc(-n3c4ccccc4c4cc(-c5ccc(N(c6ccccc6)c6ccccc6)cc5)ccc43)cc2)c1C#N. The maximum absolute atomic E-state index is 10.7. The van der Waals surface area contributed by atoms with E-state index in [9.17, 15) is 10.5 Å². The summed E-state index contributed by atoms with van der Waals surface area (Å²) in [5.74, 6) is 0. The molecule has 16 aromatic rings. The summed E-state index contributed by atoms with van der Waals surface area (Å²) >= 11 is 0. The topological polar surface area (TPSA) is 76.8 Å². The highest BCUT2D eigenvalue weighted by Gasteiger charge is 2.21. The molecule has 0 aliphatic rings. The molecule has 0 radical (unpaired) electrons. The van der Waals surface area contributed by atoms with Gasteiger partial charge in [0.15, 0.2) is 0 Å². The normalized spacial score (nSPS) is 11.2. The van der Waals surface area contributed by atoms with Gasteiger partial charge in [0.1, 0.15) is 12.1 Å². The third-order valence-corrected chi connectivity index (χ3v) is 17.7. The second kappa shape index (κ2) is 23.4. The van der Waals surface area contributed by atoms with Crippen LogP contribution in [0.4, 0.5) is 34.1 Å². The van der Waals surface area contributed by atoms with Crippen molar-refractivity contribution in [3.8, 4) is 79.3 Å². The van der Waals surface area contributed by atoms with Gasteiger partial charge < -0.3 is 18.9 Å². The van der Waals surface area contributed by atoms with Crippen LogP contribution in [0.1, 0.15) is 11.1 Å². The predicted octanol–water partition coefficient (Wildman–Crippen LogP) is 22.3. The van der Waals surface area contributed by atoms with Gasteiger partial charge in [0, 0.05) is 89.9 Å². The van der Waals surface area contributed by atoms with Crippen LogP contribution in [0.25, 0.3) is 111 Å². The fraction of sp³-hybridized carbons (Fsp3) is 0. The summed E-state index contributed by atoms with van der Waals surface area (Å²) in [5.41, 5.74) is 23.1. The molecule has 16 rings (SSSR count). The minimum absolute atomic E-state index is 0.323. The number of hydrogen-bond donors (Lipinski definition) is 0. The Labute approximate surface area is 533 Å². The number of nitrogens with zero attached hydrogens (tertiary/aromatic N) is 7. The van der Waals surface area contributed by atoms with E-state index in [1.807, 2.05) is 42.6 Å². The second-order valence-corrected chi connectivity index (χ2v) is 22.9. The number of fused-ring (bicyclic) bond motifs is 6. The highest BCUT2D eigenvalue weighted by atomic mass is 15.1. The van der Waals surface area contributed by atoms with Crippen molar-refractivity contribution < 1.29 is 0 Å². The Hall–Kier alpha value is -12.8. The highest BCUT2D eigenvalue weighted by molar-refractivity contribution is 6.12. The van der Waals surface area contributed by atoms with Crippen molar-refractivity contribution in [3.63, 3.8) is 0 Å². The van der Waals surface area contributed by atoms with Gasteiger partial charge >= 0.3 is 0 Å². The number of aromatic nitrogens is 3. The Morgan fingerprint density at radius 2 is 0.652 bits per heavy atom. The van der Waals surface area contributed by atoms with E-state index >= 15 is 0 Å². The monoisotopic (exact) mass is 1170 g/mol. The van der Waals surface area contributed by atoms with Gasteiger partial charge in [0.2, 0.25) is 0 Å². The van der Waals surface area contributed by atoms with Gasteiger partial charge in [0.25, 0.3) is 0 Å². The van der Waals surface area contributed by atoms with E-state index in [2.05, 4.69) is 316 Å². The summed E-state index contributed by atoms with van der Waals surface area (Å²) in [6.45, 7) is 0. The van der Waals surface area contributed by atoms with Gasteiger partial charge in [-0.25, -0.2) is 0 Å². The molecule has 13 aromatic carbocycles. The molecule has 0 saturated heterocycles. The summed E-state index contributed by atoms with van der Waals surface area (Å²) < 4.78 is 4.67. The Morgan fingerprint density at radius 1 is 0.272 bits per heavy atom. The zero-order valence-corrected chi connectivity index (χ0v) is 49.9. The fourth-order valence-electron chi connectivity index (χ4n) is 13.3. The fourth-order valence-corrected chi connectivity index (χ4v) is 13.3. The standard InChI is InChI=1S/C85H55N7/c86-55-64-18-17-29-73(79(64)56-87)76-54-81(61-38-48-72(49-39-61)92-83-31-16-14-28-75(83)78-53-63(41-51-85(78)92)59-34-44-70(45-35-59)90(67-23-9-3-10-24-67)68-25-11-4-12-26-68)88-57-80(76)60-36-46-71(47-37-60)91-82-30-15-13-27-74(82)77-52-62(40-50-84(77)91)58-32-42-69(43-33-58)89(65-19-5-1-6-20-65)66-21-7-2-8-22-66/h1-54,57H. The lowest BCUT2D eigenvalue weighted by Crippen LogP contribution is -2.09. The number of anilines is 6. The number of rotatable bonds is 13. The number of hydrogen-bond acceptors (Lipinski definition) is 5. The van der Waals surface area contributed by atoms with Crippen molar-refractivity contribution >= 4 is 77.7 Å². The van der Waals surface area contributed by atoms with Gasteiger partial charge in [-0.05, 0) is 179 Å². The van der Waals surface area contributed by atoms with E-state index in [1.54, 1.807) is 6.07 Å². The lowest BCUT2D eigenvalue weighted by atomic mass is 9.90.